The number of aliphatic hydroxyl groups is 1. The first-order chi connectivity index (χ1) is 8.90. The third kappa shape index (κ3) is 3.19. The zero-order valence-corrected chi connectivity index (χ0v) is 13.9. The van der Waals surface area contributed by atoms with E-state index in [2.05, 4.69) is 31.9 Å². The largest absolute Gasteiger partial charge is 0.384 e. The molecule has 0 aliphatic carbocycles. The van der Waals surface area contributed by atoms with Crippen LogP contribution in [0.15, 0.2) is 39.3 Å². The van der Waals surface area contributed by atoms with Gasteiger partial charge in [0.15, 0.2) is 0 Å². The molecule has 0 radical (unpaired) electrons. The molecule has 0 spiro atoms. The van der Waals surface area contributed by atoms with Crippen molar-refractivity contribution in [3.63, 3.8) is 0 Å². The Hall–Kier alpha value is -0.420. The lowest BCUT2D eigenvalue weighted by Gasteiger charge is -2.16. The second-order valence-corrected chi connectivity index (χ2v) is 6.37. The first-order valence-electron chi connectivity index (χ1n) is 5.48. The summed E-state index contributed by atoms with van der Waals surface area (Å²) in [5.41, 5.74) is 1.60. The maximum absolute atomic E-state index is 13.4. The molecule has 0 aliphatic heterocycles. The maximum atomic E-state index is 13.4. The minimum Gasteiger partial charge on any atom is -0.384 e. The van der Waals surface area contributed by atoms with Crippen LogP contribution in [0.1, 0.15) is 22.8 Å². The van der Waals surface area contributed by atoms with Gasteiger partial charge in [-0.2, -0.15) is 0 Å². The van der Waals surface area contributed by atoms with E-state index < -0.39 is 6.10 Å². The van der Waals surface area contributed by atoms with Gasteiger partial charge in [0.1, 0.15) is 11.9 Å². The third-order valence-electron chi connectivity index (χ3n) is 2.83. The monoisotopic (exact) mass is 406 g/mol. The van der Waals surface area contributed by atoms with E-state index in [1.54, 1.807) is 19.1 Å². The first-order valence-corrected chi connectivity index (χ1v) is 7.45. The van der Waals surface area contributed by atoms with Gasteiger partial charge in [-0.25, -0.2) is 4.39 Å². The third-order valence-corrected chi connectivity index (χ3v) is 4.37. The van der Waals surface area contributed by atoms with Crippen molar-refractivity contribution in [3.05, 3.63) is 66.8 Å². The normalized spacial score (nSPS) is 12.5. The molecule has 0 aromatic heterocycles. The topological polar surface area (TPSA) is 20.2 Å². The molecule has 0 fully saturated rings. The van der Waals surface area contributed by atoms with Crippen LogP contribution in [0.2, 0.25) is 5.02 Å². The van der Waals surface area contributed by atoms with Crippen LogP contribution in [-0.4, -0.2) is 5.11 Å². The summed E-state index contributed by atoms with van der Waals surface area (Å²) in [6.07, 6.45) is -0.918. The highest BCUT2D eigenvalue weighted by Gasteiger charge is 2.18. The predicted octanol–water partition coefficient (Wildman–Crippen LogP) is 5.39. The van der Waals surface area contributed by atoms with E-state index in [1.807, 2.05) is 12.1 Å². The standard InChI is InChI=1S/C14H10Br2ClFO/c1-7-4-10(12(17)6-13(7)18)14(19)9-5-8(15)2-3-11(9)16/h2-6,14,19H,1H3. The lowest BCUT2D eigenvalue weighted by Crippen LogP contribution is -2.03. The van der Waals surface area contributed by atoms with Crippen molar-refractivity contribution in [1.82, 2.24) is 0 Å². The fraction of sp³-hybridized carbons (Fsp3) is 0.143. The Labute approximate surface area is 132 Å². The molecule has 0 saturated heterocycles. The average Bonchev–Trinajstić information content (AvgIpc) is 2.36. The number of aliphatic hydroxyl groups excluding tert-OH is 1. The molecular formula is C14H10Br2ClFO. The summed E-state index contributed by atoms with van der Waals surface area (Å²) in [6.45, 7) is 1.64. The van der Waals surface area contributed by atoms with E-state index >= 15 is 0 Å². The molecule has 1 atom stereocenters. The van der Waals surface area contributed by atoms with Crippen LogP contribution in [0.3, 0.4) is 0 Å². The fourth-order valence-corrected chi connectivity index (χ4v) is 2.88. The highest BCUT2D eigenvalue weighted by Crippen LogP contribution is 2.35. The zero-order chi connectivity index (χ0) is 14.2. The van der Waals surface area contributed by atoms with E-state index in [0.717, 1.165) is 8.95 Å². The summed E-state index contributed by atoms with van der Waals surface area (Å²) in [4.78, 5) is 0. The average molecular weight is 408 g/mol. The molecule has 1 unspecified atom stereocenters. The van der Waals surface area contributed by atoms with E-state index in [4.69, 9.17) is 11.6 Å². The minimum atomic E-state index is -0.918. The van der Waals surface area contributed by atoms with Gasteiger partial charge in [-0.3, -0.25) is 0 Å². The van der Waals surface area contributed by atoms with Crippen LogP contribution in [0.5, 0.6) is 0 Å². The Balaban J connectivity index is 2.52. The number of benzene rings is 2. The number of halogens is 4. The highest BCUT2D eigenvalue weighted by molar-refractivity contribution is 9.11. The predicted molar refractivity (Wildman–Crippen MR) is 82.1 cm³/mol. The highest BCUT2D eigenvalue weighted by atomic mass is 79.9. The van der Waals surface area contributed by atoms with Gasteiger partial charge in [0.2, 0.25) is 0 Å². The maximum Gasteiger partial charge on any atom is 0.127 e. The molecule has 0 heterocycles. The summed E-state index contributed by atoms with van der Waals surface area (Å²) in [7, 11) is 0. The molecule has 0 bridgehead atoms. The van der Waals surface area contributed by atoms with Crippen LogP contribution in [0, 0.1) is 12.7 Å². The number of aryl methyl sites for hydroxylation is 1. The van der Waals surface area contributed by atoms with Crippen molar-refractivity contribution in [2.75, 3.05) is 0 Å². The molecule has 0 saturated carbocycles. The minimum absolute atomic E-state index is 0.211. The summed E-state index contributed by atoms with van der Waals surface area (Å²) in [5.74, 6) is -0.380. The lowest BCUT2D eigenvalue weighted by atomic mass is 10.00. The van der Waals surface area contributed by atoms with Crippen molar-refractivity contribution in [2.45, 2.75) is 13.0 Å². The Morgan fingerprint density at radius 2 is 1.84 bits per heavy atom. The van der Waals surface area contributed by atoms with Gasteiger partial charge in [-0.05, 0) is 42.8 Å². The molecule has 0 aliphatic rings. The summed E-state index contributed by atoms with van der Waals surface area (Å²) in [5, 5.41) is 10.6. The van der Waals surface area contributed by atoms with Crippen LogP contribution >= 0.6 is 43.5 Å². The molecule has 100 valence electrons. The quantitative estimate of drug-likeness (QED) is 0.706. The molecule has 0 amide bonds. The zero-order valence-electron chi connectivity index (χ0n) is 9.92. The van der Waals surface area contributed by atoms with Crippen molar-refractivity contribution < 1.29 is 9.50 Å². The summed E-state index contributed by atoms with van der Waals surface area (Å²) >= 11 is 12.8. The van der Waals surface area contributed by atoms with E-state index in [0.29, 0.717) is 16.7 Å². The Morgan fingerprint density at radius 3 is 2.53 bits per heavy atom. The SMILES string of the molecule is Cc1cc(C(O)c2cc(Br)ccc2Br)c(Cl)cc1F. The molecule has 1 N–H and O–H groups in total. The van der Waals surface area contributed by atoms with Crippen LogP contribution in [0.4, 0.5) is 4.39 Å². The second kappa shape index (κ2) is 5.92. The molecule has 2 aromatic rings. The van der Waals surface area contributed by atoms with Gasteiger partial charge in [0.05, 0.1) is 0 Å². The number of rotatable bonds is 2. The van der Waals surface area contributed by atoms with Gasteiger partial charge in [0.25, 0.3) is 0 Å². The number of hydrogen-bond acceptors (Lipinski definition) is 1. The molecule has 1 nitrogen and oxygen atoms in total. The van der Waals surface area contributed by atoms with E-state index in [9.17, 15) is 9.50 Å². The number of hydrogen-bond donors (Lipinski definition) is 1. The Kier molecular flexibility index (Phi) is 4.66. The lowest BCUT2D eigenvalue weighted by molar-refractivity contribution is 0.219. The van der Waals surface area contributed by atoms with E-state index in [-0.39, 0.29) is 10.8 Å². The van der Waals surface area contributed by atoms with Crippen LogP contribution in [-0.2, 0) is 0 Å². The Bertz CT molecular complexity index is 631. The second-order valence-electron chi connectivity index (χ2n) is 4.19. The molecule has 19 heavy (non-hydrogen) atoms. The first kappa shape index (κ1) is 15.0. The van der Waals surface area contributed by atoms with Gasteiger partial charge in [-0.15, -0.1) is 0 Å². The van der Waals surface area contributed by atoms with Gasteiger partial charge in [-0.1, -0.05) is 43.5 Å². The van der Waals surface area contributed by atoms with Crippen LogP contribution in [0.25, 0.3) is 0 Å². The smallest absolute Gasteiger partial charge is 0.127 e. The van der Waals surface area contributed by atoms with Gasteiger partial charge >= 0.3 is 0 Å². The van der Waals surface area contributed by atoms with Crippen molar-refractivity contribution in [1.29, 1.82) is 0 Å². The van der Waals surface area contributed by atoms with E-state index in [1.165, 1.54) is 6.07 Å². The van der Waals surface area contributed by atoms with Crippen LogP contribution < -0.4 is 0 Å². The molecular weight excluding hydrogens is 398 g/mol. The summed E-state index contributed by atoms with van der Waals surface area (Å²) in [6, 6.07) is 8.27. The van der Waals surface area contributed by atoms with Crippen molar-refractivity contribution >= 4 is 43.5 Å². The molecule has 5 heteroatoms. The van der Waals surface area contributed by atoms with Crippen molar-refractivity contribution in [2.24, 2.45) is 0 Å². The van der Waals surface area contributed by atoms with Gasteiger partial charge in [0, 0.05) is 25.1 Å². The van der Waals surface area contributed by atoms with Crippen molar-refractivity contribution in [3.8, 4) is 0 Å². The fourth-order valence-electron chi connectivity index (χ4n) is 1.78. The molecule has 2 aromatic carbocycles. The van der Waals surface area contributed by atoms with Gasteiger partial charge < -0.3 is 5.11 Å². The summed E-state index contributed by atoms with van der Waals surface area (Å²) < 4.78 is 15.0. The molecule has 2 rings (SSSR count). The Morgan fingerprint density at radius 1 is 1.16 bits per heavy atom.